The maximum atomic E-state index is 11.7. The number of ether oxygens (including phenoxy) is 1. The lowest BCUT2D eigenvalue weighted by atomic mass is 10.2. The van der Waals surface area contributed by atoms with Crippen molar-refractivity contribution in [2.24, 2.45) is 5.10 Å². The Morgan fingerprint density at radius 3 is 2.30 bits per heavy atom. The summed E-state index contributed by atoms with van der Waals surface area (Å²) in [6, 6.07) is 14.0. The highest BCUT2D eigenvalue weighted by Gasteiger charge is 2.12. The Kier molecular flexibility index (Phi) is 5.87. The Morgan fingerprint density at radius 2 is 1.70 bits per heavy atom. The third-order valence-electron chi connectivity index (χ3n) is 2.80. The van der Waals surface area contributed by atoms with Crippen LogP contribution in [0.4, 0.5) is 5.69 Å². The Morgan fingerprint density at radius 1 is 1.04 bits per heavy atom. The van der Waals surface area contributed by atoms with Crippen LogP contribution >= 0.6 is 15.9 Å². The fraction of sp³-hybridized carbons (Fsp3) is 0.0625. The minimum Gasteiger partial charge on any atom is -0.497 e. The van der Waals surface area contributed by atoms with Crippen molar-refractivity contribution in [3.63, 3.8) is 0 Å². The van der Waals surface area contributed by atoms with E-state index in [0.717, 1.165) is 10.0 Å². The molecule has 0 fully saturated rings. The van der Waals surface area contributed by atoms with E-state index in [1.165, 1.54) is 6.21 Å². The number of nitrogens with zero attached hydrogens (tertiary/aromatic N) is 1. The molecular weight excluding hydrogens is 362 g/mol. The van der Waals surface area contributed by atoms with Gasteiger partial charge >= 0.3 is 11.8 Å². The van der Waals surface area contributed by atoms with Gasteiger partial charge in [0.2, 0.25) is 0 Å². The summed E-state index contributed by atoms with van der Waals surface area (Å²) in [6.45, 7) is 0. The van der Waals surface area contributed by atoms with Crippen molar-refractivity contribution in [2.45, 2.75) is 0 Å². The summed E-state index contributed by atoms with van der Waals surface area (Å²) >= 11 is 3.32. The number of amides is 2. The largest absolute Gasteiger partial charge is 0.497 e. The molecule has 0 saturated carbocycles. The van der Waals surface area contributed by atoms with Crippen LogP contribution < -0.4 is 15.5 Å². The normalized spacial score (nSPS) is 10.3. The van der Waals surface area contributed by atoms with Gasteiger partial charge in [0.15, 0.2) is 0 Å². The van der Waals surface area contributed by atoms with Gasteiger partial charge in [0.05, 0.1) is 13.3 Å². The topological polar surface area (TPSA) is 79.8 Å². The van der Waals surface area contributed by atoms with Crippen LogP contribution in [0.2, 0.25) is 0 Å². The molecule has 0 heterocycles. The highest BCUT2D eigenvalue weighted by atomic mass is 79.9. The molecular formula is C16H14BrN3O3. The van der Waals surface area contributed by atoms with Crippen molar-refractivity contribution in [3.05, 3.63) is 58.6 Å². The van der Waals surface area contributed by atoms with Crippen molar-refractivity contribution in [2.75, 3.05) is 12.4 Å². The number of carbonyl (C=O) groups excluding carboxylic acids is 2. The molecule has 0 aliphatic carbocycles. The molecule has 0 saturated heterocycles. The summed E-state index contributed by atoms with van der Waals surface area (Å²) in [4.78, 5) is 23.4. The van der Waals surface area contributed by atoms with Crippen LogP contribution in [0.15, 0.2) is 58.1 Å². The second-order valence-corrected chi connectivity index (χ2v) is 5.35. The van der Waals surface area contributed by atoms with Gasteiger partial charge in [0.1, 0.15) is 5.75 Å². The van der Waals surface area contributed by atoms with E-state index in [4.69, 9.17) is 4.74 Å². The minimum absolute atomic E-state index is 0.489. The summed E-state index contributed by atoms with van der Waals surface area (Å²) < 4.78 is 5.95. The van der Waals surface area contributed by atoms with Crippen molar-refractivity contribution in [3.8, 4) is 5.75 Å². The maximum absolute atomic E-state index is 11.7. The lowest BCUT2D eigenvalue weighted by Gasteiger charge is -2.05. The fourth-order valence-electron chi connectivity index (χ4n) is 1.63. The highest BCUT2D eigenvalue weighted by Crippen LogP contribution is 2.14. The predicted molar refractivity (Wildman–Crippen MR) is 91.5 cm³/mol. The highest BCUT2D eigenvalue weighted by molar-refractivity contribution is 9.10. The van der Waals surface area contributed by atoms with Gasteiger partial charge in [-0.2, -0.15) is 5.10 Å². The van der Waals surface area contributed by atoms with E-state index in [1.807, 2.05) is 24.3 Å². The number of nitrogens with one attached hydrogen (secondary N) is 2. The first-order valence-corrected chi connectivity index (χ1v) is 7.42. The van der Waals surface area contributed by atoms with Crippen LogP contribution in [-0.4, -0.2) is 25.1 Å². The van der Waals surface area contributed by atoms with E-state index in [1.54, 1.807) is 31.4 Å². The van der Waals surface area contributed by atoms with Gasteiger partial charge in [0.25, 0.3) is 0 Å². The Hall–Kier alpha value is -2.67. The molecule has 23 heavy (non-hydrogen) atoms. The summed E-state index contributed by atoms with van der Waals surface area (Å²) in [5, 5.41) is 6.20. The third-order valence-corrected chi connectivity index (χ3v) is 3.33. The molecule has 2 N–H and O–H groups in total. The van der Waals surface area contributed by atoms with Crippen LogP contribution in [-0.2, 0) is 9.59 Å². The van der Waals surface area contributed by atoms with Crippen LogP contribution in [0.25, 0.3) is 0 Å². The molecule has 0 unspecified atom stereocenters. The predicted octanol–water partition coefficient (Wildman–Crippen LogP) is 2.55. The molecule has 0 bridgehead atoms. The lowest BCUT2D eigenvalue weighted by molar-refractivity contribution is -0.136. The monoisotopic (exact) mass is 375 g/mol. The van der Waals surface area contributed by atoms with E-state index in [0.29, 0.717) is 11.4 Å². The van der Waals surface area contributed by atoms with Crippen molar-refractivity contribution >= 4 is 39.6 Å². The zero-order chi connectivity index (χ0) is 16.7. The first-order chi connectivity index (χ1) is 11.1. The van der Waals surface area contributed by atoms with E-state index in [-0.39, 0.29) is 0 Å². The van der Waals surface area contributed by atoms with Gasteiger partial charge in [-0.15, -0.1) is 0 Å². The SMILES string of the molecule is COc1ccc(NC(=O)C(=O)NN=Cc2ccc(Br)cc2)cc1. The number of hydrogen-bond donors (Lipinski definition) is 2. The second kappa shape index (κ2) is 8.09. The molecule has 0 aliphatic heterocycles. The molecule has 7 heteroatoms. The zero-order valence-corrected chi connectivity index (χ0v) is 13.8. The van der Waals surface area contributed by atoms with Gasteiger partial charge in [0, 0.05) is 10.2 Å². The van der Waals surface area contributed by atoms with E-state index in [2.05, 4.69) is 31.8 Å². The molecule has 2 rings (SSSR count). The van der Waals surface area contributed by atoms with E-state index >= 15 is 0 Å². The molecule has 0 spiro atoms. The quantitative estimate of drug-likeness (QED) is 0.489. The number of carbonyl (C=O) groups is 2. The summed E-state index contributed by atoms with van der Waals surface area (Å²) in [6.07, 6.45) is 1.45. The first-order valence-electron chi connectivity index (χ1n) is 6.62. The standard InChI is InChI=1S/C16H14BrN3O3/c1-23-14-8-6-13(7-9-14)19-15(21)16(22)20-18-10-11-2-4-12(17)5-3-11/h2-10H,1H3,(H,19,21)(H,20,22). The lowest BCUT2D eigenvalue weighted by Crippen LogP contribution is -2.32. The average molecular weight is 376 g/mol. The maximum Gasteiger partial charge on any atom is 0.329 e. The molecule has 0 aliphatic rings. The van der Waals surface area contributed by atoms with Crippen LogP contribution in [0.3, 0.4) is 0 Å². The minimum atomic E-state index is -0.853. The number of anilines is 1. The molecule has 0 radical (unpaired) electrons. The summed E-state index contributed by atoms with van der Waals surface area (Å²) in [5.41, 5.74) is 3.45. The van der Waals surface area contributed by atoms with E-state index in [9.17, 15) is 9.59 Å². The van der Waals surface area contributed by atoms with Gasteiger partial charge in [-0.1, -0.05) is 28.1 Å². The fourth-order valence-corrected chi connectivity index (χ4v) is 1.89. The molecule has 2 aromatic carbocycles. The van der Waals surface area contributed by atoms with Gasteiger partial charge in [-0.3, -0.25) is 9.59 Å². The van der Waals surface area contributed by atoms with Crippen molar-refractivity contribution in [1.29, 1.82) is 0 Å². The zero-order valence-electron chi connectivity index (χ0n) is 12.2. The Balaban J connectivity index is 1.86. The average Bonchev–Trinajstić information content (AvgIpc) is 2.57. The summed E-state index contributed by atoms with van der Waals surface area (Å²) in [5.74, 6) is -0.996. The number of methoxy groups -OCH3 is 1. The third kappa shape index (κ3) is 5.23. The second-order valence-electron chi connectivity index (χ2n) is 4.43. The smallest absolute Gasteiger partial charge is 0.329 e. The molecule has 2 amide bonds. The first kappa shape index (κ1) is 16.7. The van der Waals surface area contributed by atoms with Crippen LogP contribution in [0.1, 0.15) is 5.56 Å². The number of rotatable bonds is 4. The van der Waals surface area contributed by atoms with Crippen molar-refractivity contribution < 1.29 is 14.3 Å². The van der Waals surface area contributed by atoms with E-state index < -0.39 is 11.8 Å². The summed E-state index contributed by atoms with van der Waals surface area (Å²) in [7, 11) is 1.55. The van der Waals surface area contributed by atoms with Crippen molar-refractivity contribution in [1.82, 2.24) is 5.43 Å². The molecule has 2 aromatic rings. The van der Waals surface area contributed by atoms with Gasteiger partial charge < -0.3 is 10.1 Å². The molecule has 0 atom stereocenters. The molecule has 0 aromatic heterocycles. The molecule has 118 valence electrons. The van der Waals surface area contributed by atoms with Crippen LogP contribution in [0, 0.1) is 0 Å². The number of benzene rings is 2. The number of hydrogen-bond acceptors (Lipinski definition) is 4. The Labute approximate surface area is 141 Å². The van der Waals surface area contributed by atoms with Gasteiger partial charge in [-0.25, -0.2) is 5.43 Å². The Bertz CT molecular complexity index is 712. The number of halogens is 1. The molecule has 6 nitrogen and oxygen atoms in total. The number of hydrazone groups is 1. The van der Waals surface area contributed by atoms with Gasteiger partial charge in [-0.05, 0) is 42.0 Å². The van der Waals surface area contributed by atoms with Crippen LogP contribution in [0.5, 0.6) is 5.75 Å².